The molecule has 0 atom stereocenters. The third kappa shape index (κ3) is 4.13. The molecule has 2 rings (SSSR count). The Morgan fingerprint density at radius 2 is 2.15 bits per heavy atom. The van der Waals surface area contributed by atoms with Crippen LogP contribution in [-0.2, 0) is 11.3 Å². The Morgan fingerprint density at radius 1 is 1.45 bits per heavy atom. The summed E-state index contributed by atoms with van der Waals surface area (Å²) in [6.07, 6.45) is 2.21. The van der Waals surface area contributed by atoms with Crippen molar-refractivity contribution in [3.8, 4) is 5.75 Å². The molecule has 0 unspecified atom stereocenters. The first-order valence-corrected chi connectivity index (χ1v) is 7.08. The Morgan fingerprint density at radius 3 is 2.75 bits per heavy atom. The molecule has 0 aliphatic carbocycles. The Balaban J connectivity index is 1.79. The predicted molar refractivity (Wildman–Crippen MR) is 79.2 cm³/mol. The molecule has 1 saturated heterocycles. The average Bonchev–Trinajstić information content (AvgIpc) is 2.42. The smallest absolute Gasteiger partial charge is 0.216 e. The molecule has 0 aromatic heterocycles. The maximum atomic E-state index is 10.9. The van der Waals surface area contributed by atoms with Gasteiger partial charge in [0.05, 0.1) is 5.69 Å². The number of nitrogens with zero attached hydrogens (tertiary/aromatic N) is 1. The number of carbonyl (C=O) groups excluding carboxylic acids is 1. The Kier molecular flexibility index (Phi) is 4.84. The molecule has 20 heavy (non-hydrogen) atoms. The van der Waals surface area contributed by atoms with Crippen LogP contribution < -0.4 is 11.1 Å². The number of hydrogen-bond donors (Lipinski definition) is 3. The SMILES string of the molecule is CC(=O)NCC1CCN(Cc2ccc(O)c(N)c2)CC1. The molecule has 5 heteroatoms. The fourth-order valence-electron chi connectivity index (χ4n) is 2.60. The van der Waals surface area contributed by atoms with Crippen molar-refractivity contribution in [2.75, 3.05) is 25.4 Å². The summed E-state index contributed by atoms with van der Waals surface area (Å²) >= 11 is 0. The average molecular weight is 277 g/mol. The zero-order chi connectivity index (χ0) is 14.5. The Labute approximate surface area is 119 Å². The van der Waals surface area contributed by atoms with E-state index in [9.17, 15) is 9.90 Å². The van der Waals surface area contributed by atoms with E-state index >= 15 is 0 Å². The third-order valence-corrected chi connectivity index (χ3v) is 3.84. The Hall–Kier alpha value is -1.75. The number of piperidine rings is 1. The number of anilines is 1. The van der Waals surface area contributed by atoms with E-state index < -0.39 is 0 Å². The summed E-state index contributed by atoms with van der Waals surface area (Å²) in [5, 5.41) is 12.3. The monoisotopic (exact) mass is 277 g/mol. The van der Waals surface area contributed by atoms with Gasteiger partial charge in [0.1, 0.15) is 5.75 Å². The minimum atomic E-state index is 0.0481. The molecule has 0 saturated carbocycles. The van der Waals surface area contributed by atoms with E-state index in [0.29, 0.717) is 11.6 Å². The number of likely N-dealkylation sites (tertiary alicyclic amines) is 1. The minimum absolute atomic E-state index is 0.0481. The van der Waals surface area contributed by atoms with Crippen molar-refractivity contribution in [1.82, 2.24) is 10.2 Å². The van der Waals surface area contributed by atoms with Gasteiger partial charge < -0.3 is 16.2 Å². The van der Waals surface area contributed by atoms with Crippen LogP contribution in [0.15, 0.2) is 18.2 Å². The zero-order valence-corrected chi connectivity index (χ0v) is 11.9. The molecule has 5 nitrogen and oxygen atoms in total. The summed E-state index contributed by atoms with van der Waals surface area (Å²) in [6.45, 7) is 5.27. The number of aromatic hydroxyl groups is 1. The topological polar surface area (TPSA) is 78.6 Å². The highest BCUT2D eigenvalue weighted by atomic mass is 16.3. The Bertz CT molecular complexity index is 468. The van der Waals surface area contributed by atoms with Gasteiger partial charge in [0.25, 0.3) is 0 Å². The first kappa shape index (κ1) is 14.7. The van der Waals surface area contributed by atoms with E-state index in [1.807, 2.05) is 12.1 Å². The normalized spacial score (nSPS) is 17.1. The molecule has 110 valence electrons. The standard InChI is InChI=1S/C15H23N3O2/c1-11(19)17-9-12-4-6-18(7-5-12)10-13-2-3-15(20)14(16)8-13/h2-3,8,12,20H,4-7,9-10,16H2,1H3,(H,17,19). The molecular weight excluding hydrogens is 254 g/mol. The van der Waals surface area contributed by atoms with Crippen LogP contribution in [-0.4, -0.2) is 35.5 Å². The van der Waals surface area contributed by atoms with Gasteiger partial charge in [-0.05, 0) is 49.5 Å². The number of phenolic OH excluding ortho intramolecular Hbond substituents is 1. The molecule has 0 radical (unpaired) electrons. The van der Waals surface area contributed by atoms with Crippen molar-refractivity contribution in [3.05, 3.63) is 23.8 Å². The molecular formula is C15H23N3O2. The summed E-state index contributed by atoms with van der Waals surface area (Å²) in [7, 11) is 0. The summed E-state index contributed by atoms with van der Waals surface area (Å²) in [4.78, 5) is 13.3. The molecule has 0 bridgehead atoms. The minimum Gasteiger partial charge on any atom is -0.506 e. The van der Waals surface area contributed by atoms with Gasteiger partial charge in [0, 0.05) is 20.0 Å². The van der Waals surface area contributed by atoms with Crippen LogP contribution in [0.25, 0.3) is 0 Å². The lowest BCUT2D eigenvalue weighted by Crippen LogP contribution is -2.37. The number of nitrogen functional groups attached to an aromatic ring is 1. The molecule has 1 aliphatic heterocycles. The largest absolute Gasteiger partial charge is 0.506 e. The van der Waals surface area contributed by atoms with Gasteiger partial charge >= 0.3 is 0 Å². The van der Waals surface area contributed by atoms with Crippen LogP contribution in [0, 0.1) is 5.92 Å². The van der Waals surface area contributed by atoms with E-state index in [2.05, 4.69) is 10.2 Å². The maximum absolute atomic E-state index is 10.9. The van der Waals surface area contributed by atoms with Crippen molar-refractivity contribution < 1.29 is 9.90 Å². The third-order valence-electron chi connectivity index (χ3n) is 3.84. The van der Waals surface area contributed by atoms with Crippen LogP contribution in [0.3, 0.4) is 0 Å². The fourth-order valence-corrected chi connectivity index (χ4v) is 2.60. The first-order valence-electron chi connectivity index (χ1n) is 7.08. The van der Waals surface area contributed by atoms with Crippen LogP contribution in [0.5, 0.6) is 5.75 Å². The number of rotatable bonds is 4. The molecule has 1 fully saturated rings. The van der Waals surface area contributed by atoms with Crippen molar-refractivity contribution >= 4 is 11.6 Å². The van der Waals surface area contributed by atoms with Gasteiger partial charge in [0.2, 0.25) is 5.91 Å². The molecule has 1 aromatic carbocycles. The second-order valence-corrected chi connectivity index (χ2v) is 5.55. The molecule has 1 aliphatic rings. The quantitative estimate of drug-likeness (QED) is 0.573. The lowest BCUT2D eigenvalue weighted by atomic mass is 9.96. The second-order valence-electron chi connectivity index (χ2n) is 5.55. The van der Waals surface area contributed by atoms with Crippen LogP contribution in [0.1, 0.15) is 25.3 Å². The molecule has 1 heterocycles. The predicted octanol–water partition coefficient (Wildman–Crippen LogP) is 1.32. The fraction of sp³-hybridized carbons (Fsp3) is 0.533. The maximum Gasteiger partial charge on any atom is 0.216 e. The van der Waals surface area contributed by atoms with Crippen molar-refractivity contribution in [2.45, 2.75) is 26.3 Å². The number of hydrogen-bond acceptors (Lipinski definition) is 4. The number of nitrogens with two attached hydrogens (primary N) is 1. The van der Waals surface area contributed by atoms with Crippen LogP contribution in [0.2, 0.25) is 0 Å². The number of phenols is 1. The van der Waals surface area contributed by atoms with Gasteiger partial charge in [-0.15, -0.1) is 0 Å². The number of nitrogens with one attached hydrogen (secondary N) is 1. The summed E-state index contributed by atoms with van der Waals surface area (Å²) in [5.74, 6) is 0.773. The summed E-state index contributed by atoms with van der Waals surface area (Å²) in [5.41, 5.74) is 7.27. The summed E-state index contributed by atoms with van der Waals surface area (Å²) in [6, 6.07) is 5.39. The second kappa shape index (κ2) is 6.61. The number of carbonyl (C=O) groups is 1. The first-order chi connectivity index (χ1) is 9.54. The van der Waals surface area contributed by atoms with E-state index in [4.69, 9.17) is 5.73 Å². The zero-order valence-electron chi connectivity index (χ0n) is 11.9. The van der Waals surface area contributed by atoms with Crippen LogP contribution >= 0.6 is 0 Å². The van der Waals surface area contributed by atoms with Gasteiger partial charge in [-0.25, -0.2) is 0 Å². The lowest BCUT2D eigenvalue weighted by molar-refractivity contribution is -0.119. The number of benzene rings is 1. The van der Waals surface area contributed by atoms with Gasteiger partial charge in [-0.2, -0.15) is 0 Å². The molecule has 0 spiro atoms. The van der Waals surface area contributed by atoms with E-state index in [0.717, 1.165) is 44.6 Å². The highest BCUT2D eigenvalue weighted by Gasteiger charge is 2.19. The van der Waals surface area contributed by atoms with Gasteiger partial charge in [-0.1, -0.05) is 6.07 Å². The molecule has 1 amide bonds. The van der Waals surface area contributed by atoms with E-state index in [1.165, 1.54) is 0 Å². The van der Waals surface area contributed by atoms with Crippen molar-refractivity contribution in [2.24, 2.45) is 5.92 Å². The summed E-state index contributed by atoms with van der Waals surface area (Å²) < 4.78 is 0. The van der Waals surface area contributed by atoms with Gasteiger partial charge in [0.15, 0.2) is 0 Å². The molecule has 1 aromatic rings. The van der Waals surface area contributed by atoms with Crippen LogP contribution in [0.4, 0.5) is 5.69 Å². The van der Waals surface area contributed by atoms with Crippen molar-refractivity contribution in [3.63, 3.8) is 0 Å². The highest BCUT2D eigenvalue weighted by molar-refractivity contribution is 5.72. The molecule has 4 N–H and O–H groups in total. The van der Waals surface area contributed by atoms with E-state index in [-0.39, 0.29) is 11.7 Å². The van der Waals surface area contributed by atoms with E-state index in [1.54, 1.807) is 13.0 Å². The number of amides is 1. The van der Waals surface area contributed by atoms with Crippen molar-refractivity contribution in [1.29, 1.82) is 0 Å². The van der Waals surface area contributed by atoms with Gasteiger partial charge in [-0.3, -0.25) is 9.69 Å². The highest BCUT2D eigenvalue weighted by Crippen LogP contribution is 2.23. The lowest BCUT2D eigenvalue weighted by Gasteiger charge is -2.32.